The number of nitrogens with zero attached hydrogens (tertiary/aromatic N) is 6. The molecule has 3 aromatic carbocycles. The molecule has 3 N–H and O–H groups in total. The zero-order valence-corrected chi connectivity index (χ0v) is 38.1. The highest BCUT2D eigenvalue weighted by atomic mass is 16.5. The molecule has 0 spiro atoms. The number of hydrogen-bond acceptors (Lipinski definition) is 11. The Balaban J connectivity index is 0.656. The van der Waals surface area contributed by atoms with Crippen molar-refractivity contribution in [3.63, 3.8) is 0 Å². The molecule has 2 atom stereocenters. The SMILES string of the molecule is NC(=O)c1c(-c2ccc(Oc3ccccc3)cc2)nn2c1NCC[C@H]2C1CCN(C(=O)CCCC2CCC(N3CCN(c4ccc5c(c4)C(=O)N(C4CCC(=O)CC4=O)C5=O)CC3)CC2)CC1. The molecule has 2 saturated heterocycles. The summed E-state index contributed by atoms with van der Waals surface area (Å²) in [7, 11) is 0. The number of piperidine rings is 1. The summed E-state index contributed by atoms with van der Waals surface area (Å²) in [6, 6.07) is 22.4. The number of nitrogens with one attached hydrogen (secondary N) is 1. The van der Waals surface area contributed by atoms with Crippen LogP contribution >= 0.6 is 0 Å². The van der Waals surface area contributed by atoms with E-state index in [1.54, 1.807) is 12.1 Å². The Morgan fingerprint density at radius 3 is 2.19 bits per heavy atom. The van der Waals surface area contributed by atoms with Gasteiger partial charge < -0.3 is 25.6 Å². The molecule has 15 heteroatoms. The number of piperazine rings is 1. The summed E-state index contributed by atoms with van der Waals surface area (Å²) in [5, 5.41) is 8.43. The van der Waals surface area contributed by atoms with Crippen molar-refractivity contribution in [2.75, 3.05) is 56.0 Å². The van der Waals surface area contributed by atoms with Crippen LogP contribution in [0.4, 0.5) is 11.5 Å². The highest BCUT2D eigenvalue weighted by molar-refractivity contribution is 6.24. The molecule has 2 aliphatic carbocycles. The van der Waals surface area contributed by atoms with E-state index in [2.05, 4.69) is 20.0 Å². The number of para-hydroxylation sites is 1. The molecular formula is C52H60N8O7. The van der Waals surface area contributed by atoms with E-state index in [4.69, 9.17) is 15.6 Å². The number of likely N-dealkylation sites (tertiary alicyclic amines) is 1. The number of hydrogen-bond donors (Lipinski definition) is 2. The standard InChI is InChI=1S/C52H60N8O7/c53-49(64)47-48(35-11-17-40(18-12-35)67-39-6-2-1-3-7-39)55-60-43(21-24-54-50(47)60)34-22-25-58(26-23-34)46(63)8-4-5-33-9-13-36(14-10-33)56-27-29-57(30-28-56)37-15-19-41-42(31-37)52(66)59(51(41)65)44-20-16-38(61)32-45(44)62/h1-3,6-7,11-12,15,17-19,31,33-34,36,43-44,54H,4-5,8-10,13-14,16,20-30,32H2,(H2,53,64)/t33?,36?,43-,44?/m0/s1. The van der Waals surface area contributed by atoms with Gasteiger partial charge in [-0.15, -0.1) is 0 Å². The summed E-state index contributed by atoms with van der Waals surface area (Å²) in [4.78, 5) is 85.3. The van der Waals surface area contributed by atoms with Crippen molar-refractivity contribution < 1.29 is 33.5 Å². The first-order chi connectivity index (χ1) is 32.6. The summed E-state index contributed by atoms with van der Waals surface area (Å²) >= 11 is 0. The minimum absolute atomic E-state index is 0.105. The van der Waals surface area contributed by atoms with Gasteiger partial charge in [0.2, 0.25) is 5.91 Å². The van der Waals surface area contributed by atoms with E-state index in [0.29, 0.717) is 58.3 Å². The van der Waals surface area contributed by atoms with E-state index in [9.17, 15) is 28.8 Å². The van der Waals surface area contributed by atoms with Crippen molar-refractivity contribution in [2.24, 2.45) is 17.6 Å². The van der Waals surface area contributed by atoms with E-state index >= 15 is 0 Å². The average molecular weight is 909 g/mol. The molecule has 4 aromatic rings. The van der Waals surface area contributed by atoms with Crippen LogP contribution in [0.25, 0.3) is 11.3 Å². The number of Topliss-reactive ketones (excluding diaryl/α,β-unsaturated/α-hetero) is 2. The number of benzene rings is 3. The van der Waals surface area contributed by atoms with Crippen LogP contribution < -0.4 is 20.7 Å². The van der Waals surface area contributed by atoms with Crippen molar-refractivity contribution >= 4 is 46.7 Å². The molecule has 1 unspecified atom stereocenters. The Hall–Kier alpha value is -6.35. The number of rotatable bonds is 12. The highest BCUT2D eigenvalue weighted by Crippen LogP contribution is 2.41. The van der Waals surface area contributed by atoms with Gasteiger partial charge in [0.15, 0.2) is 5.78 Å². The quantitative estimate of drug-likeness (QED) is 0.112. The third-order valence-corrected chi connectivity index (χ3v) is 15.4. The fourth-order valence-electron chi connectivity index (χ4n) is 11.7. The van der Waals surface area contributed by atoms with Crippen LogP contribution in [0.5, 0.6) is 11.5 Å². The maximum atomic E-state index is 13.5. The number of ether oxygens (including phenoxy) is 1. The highest BCUT2D eigenvalue weighted by Gasteiger charge is 2.45. The molecule has 4 amide bonds. The molecule has 67 heavy (non-hydrogen) atoms. The van der Waals surface area contributed by atoms with Crippen LogP contribution in [0.1, 0.15) is 121 Å². The first kappa shape index (κ1) is 44.5. The van der Waals surface area contributed by atoms with Crippen LogP contribution in [-0.4, -0.2) is 118 Å². The fraction of sp³-hybridized carbons (Fsp3) is 0.481. The predicted molar refractivity (Wildman–Crippen MR) is 252 cm³/mol. The lowest BCUT2D eigenvalue weighted by Crippen LogP contribution is -2.51. The Kier molecular flexibility index (Phi) is 12.7. The van der Waals surface area contributed by atoms with Crippen molar-refractivity contribution in [3.05, 3.63) is 89.5 Å². The van der Waals surface area contributed by atoms with Crippen molar-refractivity contribution in [1.29, 1.82) is 0 Å². The molecule has 6 aliphatic rings. The zero-order chi connectivity index (χ0) is 46.2. The summed E-state index contributed by atoms with van der Waals surface area (Å²) in [6.45, 7) is 5.70. The van der Waals surface area contributed by atoms with Gasteiger partial charge in [-0.25, -0.2) is 4.68 Å². The second kappa shape index (κ2) is 19.1. The number of fused-ring (bicyclic) bond motifs is 2. The van der Waals surface area contributed by atoms with Gasteiger partial charge in [0.25, 0.3) is 17.7 Å². The lowest BCUT2D eigenvalue weighted by Gasteiger charge is -2.42. The zero-order valence-electron chi connectivity index (χ0n) is 38.1. The number of amides is 4. The lowest BCUT2D eigenvalue weighted by atomic mass is 9.82. The Morgan fingerprint density at radius 2 is 1.48 bits per heavy atom. The number of imide groups is 1. The van der Waals surface area contributed by atoms with E-state index in [-0.39, 0.29) is 42.8 Å². The minimum Gasteiger partial charge on any atom is -0.457 e. The Labute approximate surface area is 390 Å². The van der Waals surface area contributed by atoms with Crippen LogP contribution in [0.2, 0.25) is 0 Å². The maximum absolute atomic E-state index is 13.5. The number of aromatic nitrogens is 2. The first-order valence-electron chi connectivity index (χ1n) is 24.4. The van der Waals surface area contributed by atoms with Gasteiger partial charge in [0.05, 0.1) is 29.6 Å². The predicted octanol–water partition coefficient (Wildman–Crippen LogP) is 6.87. The molecule has 5 heterocycles. The molecule has 2 saturated carbocycles. The molecule has 0 radical (unpaired) electrons. The second-order valence-electron chi connectivity index (χ2n) is 19.4. The summed E-state index contributed by atoms with van der Waals surface area (Å²) in [5.74, 6) is 1.43. The molecule has 0 bridgehead atoms. The molecular weight excluding hydrogens is 849 g/mol. The monoisotopic (exact) mass is 908 g/mol. The summed E-state index contributed by atoms with van der Waals surface area (Å²) in [5.41, 5.74) is 9.31. The minimum atomic E-state index is -0.862. The third-order valence-electron chi connectivity index (χ3n) is 15.4. The smallest absolute Gasteiger partial charge is 0.262 e. The van der Waals surface area contributed by atoms with Gasteiger partial charge in [-0.05, 0) is 131 Å². The number of anilines is 2. The summed E-state index contributed by atoms with van der Waals surface area (Å²) < 4.78 is 7.96. The molecule has 10 rings (SSSR count). The summed E-state index contributed by atoms with van der Waals surface area (Å²) in [6.07, 6.45) is 10.1. The number of nitrogens with two attached hydrogens (primary N) is 1. The van der Waals surface area contributed by atoms with Gasteiger partial charge in [-0.2, -0.15) is 5.10 Å². The maximum Gasteiger partial charge on any atom is 0.262 e. The second-order valence-corrected chi connectivity index (χ2v) is 19.4. The van der Waals surface area contributed by atoms with Crippen LogP contribution in [0, 0.1) is 11.8 Å². The van der Waals surface area contributed by atoms with E-state index in [0.717, 1.165) is 113 Å². The normalized spacial score (nSPS) is 23.8. The van der Waals surface area contributed by atoms with Crippen LogP contribution in [0.15, 0.2) is 72.8 Å². The number of carbonyl (C=O) groups excluding carboxylic acids is 6. The van der Waals surface area contributed by atoms with Gasteiger partial charge in [-0.1, -0.05) is 18.2 Å². The van der Waals surface area contributed by atoms with E-state index in [1.165, 1.54) is 12.8 Å². The number of primary amides is 1. The number of carbonyl (C=O) groups is 6. The van der Waals surface area contributed by atoms with Gasteiger partial charge in [0, 0.05) is 75.9 Å². The Bertz CT molecular complexity index is 2540. The molecule has 4 fully saturated rings. The largest absolute Gasteiger partial charge is 0.457 e. The molecule has 15 nitrogen and oxygen atoms in total. The molecule has 1 aromatic heterocycles. The van der Waals surface area contributed by atoms with E-state index < -0.39 is 23.8 Å². The third kappa shape index (κ3) is 9.09. The fourth-order valence-corrected chi connectivity index (χ4v) is 11.7. The molecule has 4 aliphatic heterocycles. The van der Waals surface area contributed by atoms with Gasteiger partial charge >= 0.3 is 0 Å². The first-order valence-corrected chi connectivity index (χ1v) is 24.4. The van der Waals surface area contributed by atoms with Gasteiger partial charge in [0.1, 0.15) is 34.4 Å². The number of ketones is 2. The van der Waals surface area contributed by atoms with Gasteiger partial charge in [-0.3, -0.25) is 38.6 Å². The van der Waals surface area contributed by atoms with E-state index in [1.807, 2.05) is 65.3 Å². The Morgan fingerprint density at radius 1 is 0.761 bits per heavy atom. The lowest BCUT2D eigenvalue weighted by molar-refractivity contribution is -0.133. The van der Waals surface area contributed by atoms with Crippen molar-refractivity contribution in [2.45, 2.75) is 102 Å². The van der Waals surface area contributed by atoms with Crippen molar-refractivity contribution in [1.82, 2.24) is 24.5 Å². The molecule has 350 valence electrons. The van der Waals surface area contributed by atoms with Crippen LogP contribution in [0.3, 0.4) is 0 Å². The topological polar surface area (TPSA) is 180 Å². The van der Waals surface area contributed by atoms with Crippen molar-refractivity contribution in [3.8, 4) is 22.8 Å². The average Bonchev–Trinajstić information content (AvgIpc) is 3.87. The van der Waals surface area contributed by atoms with Crippen LogP contribution in [-0.2, 0) is 14.4 Å².